The van der Waals surface area contributed by atoms with Crippen LogP contribution >= 0.6 is 23.2 Å². The molecule has 0 unspecified atom stereocenters. The largest absolute Gasteiger partial charge is 0.481 e. The van der Waals surface area contributed by atoms with Gasteiger partial charge in [0.2, 0.25) is 15.9 Å². The van der Waals surface area contributed by atoms with E-state index in [1.165, 1.54) is 4.31 Å². The SMILES string of the molecule is CCN(CC[C@H](C)N1C(=O)[C@@](C)(CC(=O)O)C[C@H](c2cccc(Cl)c2)[C@H]1c1ccc(Cl)cc1)S(=O)(=O)C(C)C. The number of nitrogens with zero attached hydrogens (tertiary/aromatic N) is 2. The number of carbonyl (C=O) groups excluding carboxylic acids is 1. The van der Waals surface area contributed by atoms with Crippen LogP contribution in [-0.4, -0.2) is 59.0 Å². The maximum atomic E-state index is 14.2. The zero-order chi connectivity index (χ0) is 29.1. The molecule has 39 heavy (non-hydrogen) atoms. The van der Waals surface area contributed by atoms with E-state index in [1.807, 2.05) is 37.3 Å². The predicted octanol–water partition coefficient (Wildman–Crippen LogP) is 6.37. The topological polar surface area (TPSA) is 95.0 Å². The summed E-state index contributed by atoms with van der Waals surface area (Å²) in [6, 6.07) is 14.0. The minimum Gasteiger partial charge on any atom is -0.481 e. The van der Waals surface area contributed by atoms with E-state index in [9.17, 15) is 23.1 Å². The molecule has 0 radical (unpaired) electrons. The summed E-state index contributed by atoms with van der Waals surface area (Å²) >= 11 is 12.6. The molecule has 0 aromatic heterocycles. The predicted molar refractivity (Wildman–Crippen MR) is 156 cm³/mol. The smallest absolute Gasteiger partial charge is 0.304 e. The second-order valence-electron chi connectivity index (χ2n) is 10.9. The first-order chi connectivity index (χ1) is 18.2. The van der Waals surface area contributed by atoms with Crippen molar-refractivity contribution in [2.45, 2.75) is 77.1 Å². The second-order valence-corrected chi connectivity index (χ2v) is 14.3. The van der Waals surface area contributed by atoms with E-state index in [-0.39, 0.29) is 30.8 Å². The number of sulfonamides is 1. The van der Waals surface area contributed by atoms with Gasteiger partial charge >= 0.3 is 5.97 Å². The summed E-state index contributed by atoms with van der Waals surface area (Å²) < 4.78 is 27.2. The number of carboxylic acid groups (broad SMARTS) is 1. The fourth-order valence-corrected chi connectivity index (χ4v) is 7.24. The molecular formula is C29H38Cl2N2O5S. The molecule has 1 saturated heterocycles. The van der Waals surface area contributed by atoms with Gasteiger partial charge in [-0.2, -0.15) is 0 Å². The maximum absolute atomic E-state index is 14.2. The van der Waals surface area contributed by atoms with Crippen molar-refractivity contribution in [2.24, 2.45) is 5.41 Å². The van der Waals surface area contributed by atoms with Crippen molar-refractivity contribution in [1.82, 2.24) is 9.21 Å². The van der Waals surface area contributed by atoms with Gasteiger partial charge in [0, 0.05) is 35.1 Å². The van der Waals surface area contributed by atoms with Crippen molar-refractivity contribution in [3.05, 3.63) is 69.7 Å². The standard InChI is InChI=1S/C29H38Cl2N2O5S/c1-6-32(39(37,38)19(2)3)15-14-20(4)33-27(21-10-12-23(30)13-11-21)25(22-8-7-9-24(31)16-22)17-29(5,28(33)36)18-26(34)35/h7-13,16,19-20,25,27H,6,14-15,17-18H2,1-5H3,(H,34,35)/t20-,25+,27+,29+/m0/s1. The third-order valence-electron chi connectivity index (χ3n) is 7.71. The van der Waals surface area contributed by atoms with Crippen molar-refractivity contribution >= 4 is 45.1 Å². The molecule has 0 spiro atoms. The summed E-state index contributed by atoms with van der Waals surface area (Å²) in [7, 11) is -3.47. The Labute approximate surface area is 242 Å². The Morgan fingerprint density at radius 3 is 2.28 bits per heavy atom. The van der Waals surface area contributed by atoms with Crippen LogP contribution in [0.4, 0.5) is 0 Å². The third kappa shape index (κ3) is 6.96. The number of halogens is 2. The minimum atomic E-state index is -3.47. The van der Waals surface area contributed by atoms with E-state index in [1.54, 1.807) is 50.8 Å². The number of hydrogen-bond acceptors (Lipinski definition) is 4. The Morgan fingerprint density at radius 1 is 1.10 bits per heavy atom. The molecular weight excluding hydrogens is 559 g/mol. The number of piperidine rings is 1. The van der Waals surface area contributed by atoms with Crippen molar-refractivity contribution in [2.75, 3.05) is 13.1 Å². The highest BCUT2D eigenvalue weighted by molar-refractivity contribution is 7.89. The lowest BCUT2D eigenvalue weighted by atomic mass is 9.67. The van der Waals surface area contributed by atoms with Crippen LogP contribution in [-0.2, 0) is 19.6 Å². The molecule has 3 rings (SSSR count). The van der Waals surface area contributed by atoms with Crippen LogP contribution in [0.5, 0.6) is 0 Å². The van der Waals surface area contributed by atoms with Crippen LogP contribution in [0.1, 0.15) is 77.0 Å². The van der Waals surface area contributed by atoms with Crippen LogP contribution in [0.3, 0.4) is 0 Å². The molecule has 1 fully saturated rings. The fourth-order valence-electron chi connectivity index (χ4n) is 5.60. The van der Waals surface area contributed by atoms with Gasteiger partial charge in [0.15, 0.2) is 0 Å². The molecule has 7 nitrogen and oxygen atoms in total. The molecule has 1 N–H and O–H groups in total. The Balaban J connectivity index is 2.12. The quantitative estimate of drug-likeness (QED) is 0.325. The molecule has 1 amide bonds. The minimum absolute atomic E-state index is 0.243. The van der Waals surface area contributed by atoms with E-state index in [2.05, 4.69) is 0 Å². The van der Waals surface area contributed by atoms with Gasteiger partial charge in [0.1, 0.15) is 0 Å². The van der Waals surface area contributed by atoms with Gasteiger partial charge in [-0.05, 0) is 69.0 Å². The Bertz CT molecular complexity index is 1280. The third-order valence-corrected chi connectivity index (χ3v) is 10.6. The number of amides is 1. The van der Waals surface area contributed by atoms with Crippen LogP contribution in [0.2, 0.25) is 10.0 Å². The van der Waals surface area contributed by atoms with E-state index >= 15 is 0 Å². The average Bonchev–Trinajstić information content (AvgIpc) is 2.85. The zero-order valence-corrected chi connectivity index (χ0v) is 25.4. The number of likely N-dealkylation sites (tertiary alicyclic amines) is 1. The number of hydrogen-bond donors (Lipinski definition) is 1. The van der Waals surface area contributed by atoms with E-state index < -0.39 is 32.7 Å². The van der Waals surface area contributed by atoms with E-state index in [0.29, 0.717) is 29.4 Å². The molecule has 214 valence electrons. The van der Waals surface area contributed by atoms with E-state index in [4.69, 9.17) is 23.2 Å². The lowest BCUT2D eigenvalue weighted by Gasteiger charge is -2.51. The highest BCUT2D eigenvalue weighted by atomic mass is 35.5. The average molecular weight is 598 g/mol. The number of carboxylic acids is 1. The van der Waals surface area contributed by atoms with Crippen LogP contribution < -0.4 is 0 Å². The molecule has 1 aliphatic rings. The highest BCUT2D eigenvalue weighted by Crippen LogP contribution is 2.52. The van der Waals surface area contributed by atoms with Gasteiger partial charge in [0.05, 0.1) is 23.1 Å². The van der Waals surface area contributed by atoms with Crippen molar-refractivity contribution < 1.29 is 23.1 Å². The van der Waals surface area contributed by atoms with Crippen molar-refractivity contribution in [3.63, 3.8) is 0 Å². The molecule has 4 atom stereocenters. The first kappa shape index (κ1) is 31.4. The monoisotopic (exact) mass is 596 g/mol. The molecule has 0 bridgehead atoms. The molecule has 1 heterocycles. The summed E-state index contributed by atoms with van der Waals surface area (Å²) in [6.07, 6.45) is 0.390. The van der Waals surface area contributed by atoms with Crippen molar-refractivity contribution in [3.8, 4) is 0 Å². The number of benzene rings is 2. The molecule has 10 heteroatoms. The first-order valence-electron chi connectivity index (χ1n) is 13.3. The normalized spacial score (nSPS) is 22.9. The molecule has 0 aliphatic carbocycles. The van der Waals surface area contributed by atoms with Crippen molar-refractivity contribution in [1.29, 1.82) is 0 Å². The number of aliphatic carboxylic acids is 1. The maximum Gasteiger partial charge on any atom is 0.304 e. The molecule has 2 aromatic carbocycles. The van der Waals surface area contributed by atoms with Gasteiger partial charge in [0.25, 0.3) is 0 Å². The molecule has 0 saturated carbocycles. The van der Waals surface area contributed by atoms with Gasteiger partial charge in [-0.25, -0.2) is 12.7 Å². The van der Waals surface area contributed by atoms with Crippen LogP contribution in [0, 0.1) is 5.41 Å². The Kier molecular flexibility index (Phi) is 10.1. The van der Waals surface area contributed by atoms with Gasteiger partial charge in [-0.15, -0.1) is 0 Å². The lowest BCUT2D eigenvalue weighted by molar-refractivity contribution is -0.160. The van der Waals surface area contributed by atoms with Gasteiger partial charge < -0.3 is 10.0 Å². The van der Waals surface area contributed by atoms with Gasteiger partial charge in [-0.3, -0.25) is 9.59 Å². The molecule has 1 aliphatic heterocycles. The summed E-state index contributed by atoms with van der Waals surface area (Å²) in [5.74, 6) is -1.56. The number of rotatable bonds is 11. The highest BCUT2D eigenvalue weighted by Gasteiger charge is 2.51. The van der Waals surface area contributed by atoms with Gasteiger partial charge in [-0.1, -0.05) is 61.3 Å². The second kappa shape index (κ2) is 12.6. The Morgan fingerprint density at radius 2 is 1.74 bits per heavy atom. The summed E-state index contributed by atoms with van der Waals surface area (Å²) in [6.45, 7) is 9.28. The van der Waals surface area contributed by atoms with E-state index in [0.717, 1.165) is 11.1 Å². The summed E-state index contributed by atoms with van der Waals surface area (Å²) in [5, 5.41) is 10.3. The lowest BCUT2D eigenvalue weighted by Crippen LogP contribution is -2.56. The summed E-state index contributed by atoms with van der Waals surface area (Å²) in [4.78, 5) is 27.9. The first-order valence-corrected chi connectivity index (χ1v) is 15.5. The zero-order valence-electron chi connectivity index (χ0n) is 23.1. The van der Waals surface area contributed by atoms with Crippen LogP contribution in [0.15, 0.2) is 48.5 Å². The fraction of sp³-hybridized carbons (Fsp3) is 0.517. The van der Waals surface area contributed by atoms with Crippen LogP contribution in [0.25, 0.3) is 0 Å². The molecule has 2 aromatic rings. The Hall–Kier alpha value is -2.13. The summed E-state index contributed by atoms with van der Waals surface area (Å²) in [5.41, 5.74) is 0.607. The number of carbonyl (C=O) groups is 2.